The molecule has 0 aromatic heterocycles. The van der Waals surface area contributed by atoms with Gasteiger partial charge in [0.25, 0.3) is 0 Å². The van der Waals surface area contributed by atoms with E-state index in [-0.39, 0.29) is 23.2 Å². The number of hydrogen-bond acceptors (Lipinski definition) is 3. The molecule has 5 heteroatoms. The molecule has 0 radical (unpaired) electrons. The number of rotatable bonds is 2. The maximum absolute atomic E-state index is 12.3. The zero-order valence-corrected chi connectivity index (χ0v) is 14.9. The Kier molecular flexibility index (Phi) is 3.99. The molecule has 126 valence electrons. The third-order valence-electron chi connectivity index (χ3n) is 5.77. The van der Waals surface area contributed by atoms with E-state index < -0.39 is 17.2 Å². The summed E-state index contributed by atoms with van der Waals surface area (Å²) in [6.45, 7) is 12.0. The van der Waals surface area contributed by atoms with Crippen LogP contribution < -0.4 is 10.6 Å². The van der Waals surface area contributed by atoms with Gasteiger partial charge in [-0.05, 0) is 57.8 Å². The predicted molar refractivity (Wildman–Crippen MR) is 85.3 cm³/mol. The Morgan fingerprint density at radius 2 is 1.73 bits per heavy atom. The van der Waals surface area contributed by atoms with Gasteiger partial charge in [0.1, 0.15) is 5.60 Å². The highest BCUT2D eigenvalue weighted by molar-refractivity contribution is 5.81. The fourth-order valence-corrected chi connectivity index (χ4v) is 4.46. The first kappa shape index (κ1) is 17.1. The first-order chi connectivity index (χ1) is 9.91. The van der Waals surface area contributed by atoms with Crippen molar-refractivity contribution >= 4 is 12.0 Å². The Hall–Kier alpha value is -1.26. The van der Waals surface area contributed by atoms with E-state index in [0.717, 1.165) is 12.8 Å². The SMILES string of the molecule is CNC(=O)[C@H]1C[C@H]2C[C@@H](C2(C)C)[C@@]1(C)NC(=O)OC(C)(C)C. The average Bonchev–Trinajstić information content (AvgIpc) is 2.34. The van der Waals surface area contributed by atoms with E-state index >= 15 is 0 Å². The van der Waals surface area contributed by atoms with E-state index in [9.17, 15) is 9.59 Å². The predicted octanol–water partition coefficient (Wildman–Crippen LogP) is 2.70. The van der Waals surface area contributed by atoms with Gasteiger partial charge in [-0.1, -0.05) is 13.8 Å². The van der Waals surface area contributed by atoms with Gasteiger partial charge in [0.05, 0.1) is 11.5 Å². The van der Waals surface area contributed by atoms with Crippen LogP contribution in [0.2, 0.25) is 0 Å². The number of carbonyl (C=O) groups excluding carboxylic acids is 2. The van der Waals surface area contributed by atoms with Crippen molar-refractivity contribution in [1.29, 1.82) is 0 Å². The summed E-state index contributed by atoms with van der Waals surface area (Å²) in [4.78, 5) is 24.6. The third-order valence-corrected chi connectivity index (χ3v) is 5.77. The Morgan fingerprint density at radius 3 is 2.18 bits per heavy atom. The topological polar surface area (TPSA) is 67.4 Å². The monoisotopic (exact) mass is 310 g/mol. The molecule has 0 aromatic rings. The number of fused-ring (bicyclic) bond motifs is 2. The van der Waals surface area contributed by atoms with Crippen molar-refractivity contribution in [3.63, 3.8) is 0 Å². The van der Waals surface area contributed by atoms with E-state index in [0.29, 0.717) is 5.92 Å². The summed E-state index contributed by atoms with van der Waals surface area (Å²) in [7, 11) is 1.65. The molecule has 3 saturated carbocycles. The van der Waals surface area contributed by atoms with Crippen molar-refractivity contribution in [3.05, 3.63) is 0 Å². The summed E-state index contributed by atoms with van der Waals surface area (Å²) in [5.74, 6) is 0.632. The number of carbonyl (C=O) groups is 2. The number of alkyl carbamates (subject to hydrolysis) is 1. The summed E-state index contributed by atoms with van der Waals surface area (Å²) in [6, 6.07) is 0. The lowest BCUT2D eigenvalue weighted by Gasteiger charge is -2.66. The molecule has 3 aliphatic rings. The highest BCUT2D eigenvalue weighted by atomic mass is 16.6. The van der Waals surface area contributed by atoms with Crippen LogP contribution in [-0.4, -0.2) is 30.2 Å². The smallest absolute Gasteiger partial charge is 0.408 e. The molecular formula is C17H30N2O3. The van der Waals surface area contributed by atoms with Crippen molar-refractivity contribution in [3.8, 4) is 0 Å². The van der Waals surface area contributed by atoms with Gasteiger partial charge in [0, 0.05) is 7.05 Å². The van der Waals surface area contributed by atoms with E-state index in [1.807, 2.05) is 27.7 Å². The number of hydrogen-bond donors (Lipinski definition) is 2. The summed E-state index contributed by atoms with van der Waals surface area (Å²) in [5, 5.41) is 5.79. The molecular weight excluding hydrogens is 280 g/mol. The second-order valence-electron chi connectivity index (χ2n) is 8.62. The molecule has 2 amide bonds. The lowest BCUT2D eigenvalue weighted by Crippen LogP contribution is -2.72. The van der Waals surface area contributed by atoms with Crippen LogP contribution in [0.1, 0.15) is 54.4 Å². The zero-order valence-electron chi connectivity index (χ0n) is 14.9. The molecule has 4 atom stereocenters. The van der Waals surface area contributed by atoms with E-state index in [2.05, 4.69) is 24.5 Å². The normalized spacial score (nSPS) is 36.0. The molecule has 2 N–H and O–H groups in total. The van der Waals surface area contributed by atoms with Gasteiger partial charge >= 0.3 is 6.09 Å². The summed E-state index contributed by atoms with van der Waals surface area (Å²) in [6.07, 6.45) is 1.44. The van der Waals surface area contributed by atoms with Crippen molar-refractivity contribution in [1.82, 2.24) is 10.6 Å². The van der Waals surface area contributed by atoms with Crippen LogP contribution in [0.25, 0.3) is 0 Å². The van der Waals surface area contributed by atoms with Gasteiger partial charge in [-0.2, -0.15) is 0 Å². The molecule has 3 rings (SSSR count). The largest absolute Gasteiger partial charge is 0.444 e. The molecule has 5 nitrogen and oxygen atoms in total. The third kappa shape index (κ3) is 2.70. The van der Waals surface area contributed by atoms with Crippen LogP contribution in [0.5, 0.6) is 0 Å². The average molecular weight is 310 g/mol. The standard InChI is InChI=1S/C17H30N2O3/c1-15(2,3)22-14(21)19-17(6)11(13(20)18-7)8-10-9-12(17)16(10,4)5/h10-12H,8-9H2,1-7H3,(H,18,20)(H,19,21)/t10-,11+,12-,17-/m0/s1. The molecule has 3 fully saturated rings. The second kappa shape index (κ2) is 5.14. The van der Waals surface area contributed by atoms with Crippen LogP contribution in [0.15, 0.2) is 0 Å². The number of nitrogens with one attached hydrogen (secondary N) is 2. The molecule has 0 heterocycles. The first-order valence-corrected chi connectivity index (χ1v) is 8.14. The molecule has 2 bridgehead atoms. The maximum Gasteiger partial charge on any atom is 0.408 e. The maximum atomic E-state index is 12.3. The summed E-state index contributed by atoms with van der Waals surface area (Å²) < 4.78 is 5.42. The van der Waals surface area contributed by atoms with E-state index in [1.54, 1.807) is 7.05 Å². The van der Waals surface area contributed by atoms with Gasteiger partial charge in [0.15, 0.2) is 0 Å². The number of ether oxygens (including phenoxy) is 1. The summed E-state index contributed by atoms with van der Waals surface area (Å²) in [5.41, 5.74) is -0.968. The Bertz CT molecular complexity index is 481. The quantitative estimate of drug-likeness (QED) is 0.824. The van der Waals surface area contributed by atoms with Crippen molar-refractivity contribution in [2.45, 2.75) is 65.5 Å². The zero-order chi connectivity index (χ0) is 16.9. The number of amides is 2. The Labute approximate surface area is 133 Å². The fraction of sp³-hybridized carbons (Fsp3) is 0.882. The molecule has 22 heavy (non-hydrogen) atoms. The van der Waals surface area contributed by atoms with Crippen molar-refractivity contribution < 1.29 is 14.3 Å². The van der Waals surface area contributed by atoms with Gasteiger partial charge < -0.3 is 15.4 Å². The van der Waals surface area contributed by atoms with Crippen LogP contribution in [-0.2, 0) is 9.53 Å². The fourth-order valence-electron chi connectivity index (χ4n) is 4.46. The van der Waals surface area contributed by atoms with Gasteiger partial charge in [-0.25, -0.2) is 4.79 Å². The highest BCUT2D eigenvalue weighted by Crippen LogP contribution is 2.64. The molecule has 0 aromatic carbocycles. The highest BCUT2D eigenvalue weighted by Gasteiger charge is 2.65. The van der Waals surface area contributed by atoms with Gasteiger partial charge in [0.2, 0.25) is 5.91 Å². The molecule has 0 spiro atoms. The van der Waals surface area contributed by atoms with Crippen LogP contribution in [0.3, 0.4) is 0 Å². The van der Waals surface area contributed by atoms with Crippen LogP contribution >= 0.6 is 0 Å². The summed E-state index contributed by atoms with van der Waals surface area (Å²) >= 11 is 0. The molecule has 3 aliphatic carbocycles. The van der Waals surface area contributed by atoms with Crippen LogP contribution in [0, 0.1) is 23.2 Å². The minimum absolute atomic E-state index is 0.00348. The van der Waals surface area contributed by atoms with Gasteiger partial charge in [-0.15, -0.1) is 0 Å². The lowest BCUT2D eigenvalue weighted by atomic mass is 9.40. The van der Waals surface area contributed by atoms with E-state index in [4.69, 9.17) is 4.74 Å². The Balaban J connectivity index is 2.24. The lowest BCUT2D eigenvalue weighted by molar-refractivity contribution is -0.166. The minimum atomic E-state index is -0.569. The molecule has 0 saturated heterocycles. The molecule has 0 aliphatic heterocycles. The first-order valence-electron chi connectivity index (χ1n) is 8.14. The van der Waals surface area contributed by atoms with Crippen molar-refractivity contribution in [2.75, 3.05) is 7.05 Å². The molecule has 0 unspecified atom stereocenters. The minimum Gasteiger partial charge on any atom is -0.444 e. The van der Waals surface area contributed by atoms with Crippen LogP contribution in [0.4, 0.5) is 4.79 Å². The second-order valence-corrected chi connectivity index (χ2v) is 8.62. The Morgan fingerprint density at radius 1 is 1.14 bits per heavy atom. The van der Waals surface area contributed by atoms with Crippen molar-refractivity contribution in [2.24, 2.45) is 23.2 Å². The van der Waals surface area contributed by atoms with E-state index in [1.165, 1.54) is 0 Å². The van der Waals surface area contributed by atoms with Gasteiger partial charge in [-0.3, -0.25) is 4.79 Å².